The summed E-state index contributed by atoms with van der Waals surface area (Å²) in [6.45, 7) is 1.07. The normalized spacial score (nSPS) is 18.5. The van der Waals surface area contributed by atoms with Gasteiger partial charge in [0.05, 0.1) is 0 Å². The lowest BCUT2D eigenvalue weighted by atomic mass is 9.97. The molecule has 0 unspecified atom stereocenters. The highest BCUT2D eigenvalue weighted by molar-refractivity contribution is 5.70. The van der Waals surface area contributed by atoms with E-state index < -0.39 is 0 Å². The molecular formula is C17H22N4. The summed E-state index contributed by atoms with van der Waals surface area (Å²) in [6, 6.07) is 6.48. The fourth-order valence-electron chi connectivity index (χ4n) is 3.72. The molecule has 1 saturated carbocycles. The van der Waals surface area contributed by atoms with E-state index in [1.54, 1.807) is 0 Å². The number of aromatic nitrogens is 3. The molecule has 0 atom stereocenters. The molecule has 4 rings (SSSR count). The number of hydrogen-bond donors (Lipinski definition) is 1. The van der Waals surface area contributed by atoms with E-state index in [1.807, 2.05) is 11.7 Å². The third-order valence-corrected chi connectivity index (χ3v) is 4.84. The molecule has 1 aromatic carbocycles. The summed E-state index contributed by atoms with van der Waals surface area (Å²) in [5, 5.41) is 8.20. The first kappa shape index (κ1) is 12.9. The largest absolute Gasteiger partial charge is 0.385 e. The van der Waals surface area contributed by atoms with Gasteiger partial charge in [0.15, 0.2) is 11.6 Å². The molecule has 1 aromatic heterocycles. The lowest BCUT2D eigenvalue weighted by Gasteiger charge is -2.20. The highest BCUT2D eigenvalue weighted by atomic mass is 15.3. The van der Waals surface area contributed by atoms with Crippen LogP contribution in [0.4, 0.5) is 5.69 Å². The maximum absolute atomic E-state index is 4.89. The van der Waals surface area contributed by atoms with E-state index in [-0.39, 0.29) is 0 Å². The monoisotopic (exact) mass is 282 g/mol. The van der Waals surface area contributed by atoms with Crippen molar-refractivity contribution in [2.24, 2.45) is 7.05 Å². The van der Waals surface area contributed by atoms with Crippen LogP contribution in [0.2, 0.25) is 0 Å². The highest BCUT2D eigenvalue weighted by Crippen LogP contribution is 2.35. The molecule has 1 N–H and O–H groups in total. The van der Waals surface area contributed by atoms with E-state index in [0.717, 1.165) is 24.6 Å². The maximum atomic E-state index is 4.89. The van der Waals surface area contributed by atoms with E-state index in [9.17, 15) is 0 Å². The van der Waals surface area contributed by atoms with E-state index in [2.05, 4.69) is 23.5 Å². The molecule has 0 saturated heterocycles. The summed E-state index contributed by atoms with van der Waals surface area (Å²) < 4.78 is 1.97. The number of anilines is 1. The number of nitrogens with zero attached hydrogens (tertiary/aromatic N) is 3. The third kappa shape index (κ3) is 2.23. The molecule has 2 aromatic rings. The zero-order chi connectivity index (χ0) is 14.2. The first-order valence-electron chi connectivity index (χ1n) is 8.10. The molecule has 1 aliphatic carbocycles. The lowest BCUT2D eigenvalue weighted by Crippen LogP contribution is -2.13. The summed E-state index contributed by atoms with van der Waals surface area (Å²) >= 11 is 0. The van der Waals surface area contributed by atoms with Crippen molar-refractivity contribution in [3.8, 4) is 11.4 Å². The van der Waals surface area contributed by atoms with Crippen LogP contribution in [0.25, 0.3) is 11.4 Å². The average molecular weight is 282 g/mol. The second kappa shape index (κ2) is 5.17. The Kier molecular flexibility index (Phi) is 3.17. The van der Waals surface area contributed by atoms with Crippen LogP contribution in [0.3, 0.4) is 0 Å². The van der Waals surface area contributed by atoms with E-state index in [1.165, 1.54) is 48.9 Å². The number of nitrogens with one attached hydrogen (secondary N) is 1. The van der Waals surface area contributed by atoms with Gasteiger partial charge in [-0.1, -0.05) is 25.0 Å². The number of benzene rings is 1. The number of fused-ring (bicyclic) bond motifs is 1. The summed E-state index contributed by atoms with van der Waals surface area (Å²) in [7, 11) is 2.02. The zero-order valence-electron chi connectivity index (χ0n) is 12.6. The summed E-state index contributed by atoms with van der Waals surface area (Å²) in [6.07, 6.45) is 7.46. The molecular weight excluding hydrogens is 260 g/mol. The number of aryl methyl sites for hydroxylation is 1. The molecule has 2 aliphatic rings. The zero-order valence-corrected chi connectivity index (χ0v) is 12.6. The fourth-order valence-corrected chi connectivity index (χ4v) is 3.72. The molecule has 0 radical (unpaired) electrons. The van der Waals surface area contributed by atoms with Gasteiger partial charge in [-0.2, -0.15) is 5.10 Å². The van der Waals surface area contributed by atoms with Gasteiger partial charge in [-0.3, -0.25) is 0 Å². The van der Waals surface area contributed by atoms with Crippen LogP contribution in [0.1, 0.15) is 49.4 Å². The van der Waals surface area contributed by atoms with E-state index in [4.69, 9.17) is 10.1 Å². The Morgan fingerprint density at radius 3 is 2.90 bits per heavy atom. The first-order chi connectivity index (χ1) is 10.3. The minimum absolute atomic E-state index is 0.572. The smallest absolute Gasteiger partial charge is 0.158 e. The molecule has 4 nitrogen and oxygen atoms in total. The predicted octanol–water partition coefficient (Wildman–Crippen LogP) is 3.50. The molecule has 21 heavy (non-hydrogen) atoms. The number of rotatable bonds is 2. The minimum Gasteiger partial charge on any atom is -0.385 e. The number of hydrogen-bond acceptors (Lipinski definition) is 3. The van der Waals surface area contributed by atoms with Gasteiger partial charge < -0.3 is 5.32 Å². The average Bonchev–Trinajstić information content (AvgIpc) is 3.16. The van der Waals surface area contributed by atoms with Gasteiger partial charge in [0.25, 0.3) is 0 Å². The van der Waals surface area contributed by atoms with Crippen molar-refractivity contribution in [3.05, 3.63) is 29.6 Å². The molecule has 110 valence electrons. The van der Waals surface area contributed by atoms with Gasteiger partial charge in [0.2, 0.25) is 0 Å². The topological polar surface area (TPSA) is 42.7 Å². The summed E-state index contributed by atoms with van der Waals surface area (Å²) in [5.74, 6) is 2.64. The van der Waals surface area contributed by atoms with Crippen LogP contribution >= 0.6 is 0 Å². The Hall–Kier alpha value is -1.84. The molecule has 1 aliphatic heterocycles. The Morgan fingerprint density at radius 1 is 1.19 bits per heavy atom. The molecule has 0 spiro atoms. The Labute approximate surface area is 125 Å². The van der Waals surface area contributed by atoms with Gasteiger partial charge in [0.1, 0.15) is 0 Å². The van der Waals surface area contributed by atoms with Crippen LogP contribution in [-0.4, -0.2) is 21.3 Å². The second-order valence-electron chi connectivity index (χ2n) is 6.26. The SMILES string of the molecule is Cn1nc(C2CCCC2)nc1-c1cccc2c1CCCN2. The van der Waals surface area contributed by atoms with Crippen molar-refractivity contribution >= 4 is 5.69 Å². The Bertz CT molecular complexity index is 653. The quantitative estimate of drug-likeness (QED) is 0.916. The van der Waals surface area contributed by atoms with Crippen molar-refractivity contribution in [2.45, 2.75) is 44.4 Å². The van der Waals surface area contributed by atoms with Gasteiger partial charge in [0, 0.05) is 30.8 Å². The Morgan fingerprint density at radius 2 is 2.05 bits per heavy atom. The van der Waals surface area contributed by atoms with Crippen molar-refractivity contribution < 1.29 is 0 Å². The van der Waals surface area contributed by atoms with Crippen LogP contribution < -0.4 is 5.32 Å². The summed E-state index contributed by atoms with van der Waals surface area (Å²) in [5.41, 5.74) is 3.92. The first-order valence-corrected chi connectivity index (χ1v) is 8.10. The standard InChI is InChI=1S/C17H22N4/c1-21-17(19-16(20-21)12-6-2-3-7-12)14-8-4-10-15-13(14)9-5-11-18-15/h4,8,10,12,18H,2-3,5-7,9,11H2,1H3. The second-order valence-corrected chi connectivity index (χ2v) is 6.26. The van der Waals surface area contributed by atoms with Crippen LogP contribution in [0.5, 0.6) is 0 Å². The van der Waals surface area contributed by atoms with Gasteiger partial charge in [-0.05, 0) is 37.3 Å². The predicted molar refractivity (Wildman–Crippen MR) is 84.5 cm³/mol. The van der Waals surface area contributed by atoms with Crippen LogP contribution in [-0.2, 0) is 13.5 Å². The molecule has 4 heteroatoms. The van der Waals surface area contributed by atoms with Crippen molar-refractivity contribution in [1.82, 2.24) is 14.8 Å². The van der Waals surface area contributed by atoms with Crippen molar-refractivity contribution in [1.29, 1.82) is 0 Å². The van der Waals surface area contributed by atoms with Crippen LogP contribution in [0.15, 0.2) is 18.2 Å². The van der Waals surface area contributed by atoms with Gasteiger partial charge in [-0.25, -0.2) is 9.67 Å². The maximum Gasteiger partial charge on any atom is 0.158 e. The highest BCUT2D eigenvalue weighted by Gasteiger charge is 2.24. The summed E-state index contributed by atoms with van der Waals surface area (Å²) in [4.78, 5) is 4.89. The molecule has 1 fully saturated rings. The fraction of sp³-hybridized carbons (Fsp3) is 0.529. The third-order valence-electron chi connectivity index (χ3n) is 4.84. The van der Waals surface area contributed by atoms with E-state index in [0.29, 0.717) is 5.92 Å². The molecule has 0 amide bonds. The van der Waals surface area contributed by atoms with Crippen LogP contribution in [0, 0.1) is 0 Å². The van der Waals surface area contributed by atoms with E-state index >= 15 is 0 Å². The molecule has 0 bridgehead atoms. The van der Waals surface area contributed by atoms with Crippen molar-refractivity contribution in [3.63, 3.8) is 0 Å². The van der Waals surface area contributed by atoms with Gasteiger partial charge >= 0.3 is 0 Å². The van der Waals surface area contributed by atoms with Gasteiger partial charge in [-0.15, -0.1) is 0 Å². The Balaban J connectivity index is 1.76. The lowest BCUT2D eigenvalue weighted by molar-refractivity contribution is 0.648. The van der Waals surface area contributed by atoms with Crippen molar-refractivity contribution in [2.75, 3.05) is 11.9 Å². The minimum atomic E-state index is 0.572. The molecule has 2 heterocycles.